The molecule has 28 heavy (non-hydrogen) atoms. The maximum atomic E-state index is 12.0. The Balaban J connectivity index is 0.00000392. The van der Waals surface area contributed by atoms with Gasteiger partial charge in [0.05, 0.1) is 5.75 Å². The number of guanidine groups is 1. The van der Waals surface area contributed by atoms with Crippen molar-refractivity contribution >= 4 is 51.7 Å². The average molecular weight is 541 g/mol. The molecule has 0 saturated carbocycles. The summed E-state index contributed by atoms with van der Waals surface area (Å²) in [6.45, 7) is 10.8. The summed E-state index contributed by atoms with van der Waals surface area (Å²) < 4.78 is 26.9. The third-order valence-electron chi connectivity index (χ3n) is 4.18. The summed E-state index contributed by atoms with van der Waals surface area (Å²) in [5, 5.41) is 3.42. The number of aliphatic imine (C=N–C) groups is 1. The molecule has 0 radical (unpaired) electrons. The minimum absolute atomic E-state index is 0. The molecule has 0 atom stereocenters. The van der Waals surface area contributed by atoms with Gasteiger partial charge in [-0.05, 0) is 38.8 Å². The quantitative estimate of drug-likeness (QED) is 0.330. The highest BCUT2D eigenvalue weighted by Crippen LogP contribution is 2.29. The van der Waals surface area contributed by atoms with E-state index in [4.69, 9.17) is 0 Å². The molecule has 0 aliphatic carbocycles. The molecule has 6 nitrogen and oxygen atoms in total. The molecule has 1 aromatic carbocycles. The summed E-state index contributed by atoms with van der Waals surface area (Å²) in [7, 11) is -1.48. The Kier molecular flexibility index (Phi) is 10.1. The lowest BCUT2D eigenvalue weighted by atomic mass is 10.1. The first-order chi connectivity index (χ1) is 12.6. The first-order valence-electron chi connectivity index (χ1n) is 9.27. The molecular weight excluding hydrogens is 507 g/mol. The third-order valence-corrected chi connectivity index (χ3v) is 7.02. The van der Waals surface area contributed by atoms with E-state index in [1.807, 2.05) is 56.9 Å². The molecule has 0 amide bonds. The average Bonchev–Trinajstić information content (AvgIpc) is 2.54. The van der Waals surface area contributed by atoms with Gasteiger partial charge < -0.3 is 10.2 Å². The van der Waals surface area contributed by atoms with Crippen LogP contribution < -0.4 is 10.0 Å². The Labute approximate surface area is 191 Å². The molecule has 2 rings (SSSR count). The summed E-state index contributed by atoms with van der Waals surface area (Å²) in [6.07, 6.45) is 0. The maximum absolute atomic E-state index is 12.0. The van der Waals surface area contributed by atoms with Crippen LogP contribution in [-0.4, -0.2) is 56.0 Å². The van der Waals surface area contributed by atoms with E-state index in [9.17, 15) is 8.42 Å². The van der Waals surface area contributed by atoms with E-state index < -0.39 is 10.0 Å². The van der Waals surface area contributed by atoms with Gasteiger partial charge in [0.15, 0.2) is 5.96 Å². The van der Waals surface area contributed by atoms with Crippen LogP contribution >= 0.6 is 35.7 Å². The molecule has 1 aliphatic heterocycles. The molecule has 0 unspecified atom stereocenters. The van der Waals surface area contributed by atoms with Gasteiger partial charge in [-0.15, -0.1) is 24.0 Å². The molecule has 1 saturated heterocycles. The number of rotatable bonds is 6. The standard InChI is InChI=1S/C19H32N4O2S2.HI/c1-15(2)22-27(24,25)13-17-8-6-16(7-9-17)12-21-18(20-5)23-10-11-26-19(3,4)14-23;/h6-9,15,22H,10-14H2,1-5H3,(H,20,21);1H. The van der Waals surface area contributed by atoms with E-state index >= 15 is 0 Å². The Hall–Kier alpha value is -0.520. The second-order valence-electron chi connectivity index (χ2n) is 7.78. The van der Waals surface area contributed by atoms with Crippen molar-refractivity contribution in [1.29, 1.82) is 0 Å². The zero-order valence-corrected chi connectivity index (χ0v) is 21.3. The molecule has 9 heteroatoms. The number of benzene rings is 1. The molecule has 1 fully saturated rings. The molecule has 1 aliphatic rings. The normalized spacial score (nSPS) is 17.4. The fourth-order valence-corrected chi connectivity index (χ4v) is 5.63. The first-order valence-corrected chi connectivity index (χ1v) is 11.9. The van der Waals surface area contributed by atoms with Crippen LogP contribution in [0.15, 0.2) is 29.3 Å². The van der Waals surface area contributed by atoms with Crippen LogP contribution in [0.1, 0.15) is 38.8 Å². The number of hydrogen-bond donors (Lipinski definition) is 2. The summed E-state index contributed by atoms with van der Waals surface area (Å²) in [5.41, 5.74) is 1.88. The molecular formula is C19H33IN4O2S2. The number of nitrogens with zero attached hydrogens (tertiary/aromatic N) is 2. The SMILES string of the molecule is CN=C(NCc1ccc(CS(=O)(=O)NC(C)C)cc1)N1CCSC(C)(C)C1.I. The van der Waals surface area contributed by atoms with E-state index in [-0.39, 0.29) is 40.5 Å². The van der Waals surface area contributed by atoms with Crippen molar-refractivity contribution in [2.45, 2.75) is 50.8 Å². The van der Waals surface area contributed by atoms with Crippen molar-refractivity contribution in [3.05, 3.63) is 35.4 Å². The van der Waals surface area contributed by atoms with Gasteiger partial charge in [0.25, 0.3) is 0 Å². The van der Waals surface area contributed by atoms with Crippen molar-refractivity contribution in [3.8, 4) is 0 Å². The van der Waals surface area contributed by atoms with Crippen molar-refractivity contribution in [3.63, 3.8) is 0 Å². The van der Waals surface area contributed by atoms with E-state index in [1.165, 1.54) is 0 Å². The molecule has 2 N–H and O–H groups in total. The van der Waals surface area contributed by atoms with Crippen LogP contribution in [0, 0.1) is 0 Å². The second kappa shape index (κ2) is 11.0. The van der Waals surface area contributed by atoms with Gasteiger partial charge in [-0.3, -0.25) is 4.99 Å². The lowest BCUT2D eigenvalue weighted by Crippen LogP contribution is -2.50. The van der Waals surface area contributed by atoms with Crippen LogP contribution in [0.3, 0.4) is 0 Å². The van der Waals surface area contributed by atoms with Crippen LogP contribution in [0.25, 0.3) is 0 Å². The summed E-state index contributed by atoms with van der Waals surface area (Å²) in [5.74, 6) is 2.01. The van der Waals surface area contributed by atoms with E-state index in [2.05, 4.69) is 33.8 Å². The van der Waals surface area contributed by atoms with Gasteiger partial charge in [-0.1, -0.05) is 24.3 Å². The van der Waals surface area contributed by atoms with Crippen molar-refractivity contribution in [2.24, 2.45) is 4.99 Å². The molecule has 160 valence electrons. The highest BCUT2D eigenvalue weighted by Gasteiger charge is 2.28. The van der Waals surface area contributed by atoms with Gasteiger partial charge in [0.1, 0.15) is 0 Å². The smallest absolute Gasteiger partial charge is 0.216 e. The van der Waals surface area contributed by atoms with Crippen LogP contribution in [0.2, 0.25) is 0 Å². The lowest BCUT2D eigenvalue weighted by Gasteiger charge is -2.39. The first kappa shape index (κ1) is 25.5. The Bertz CT molecular complexity index is 750. The topological polar surface area (TPSA) is 73.8 Å². The van der Waals surface area contributed by atoms with Gasteiger partial charge in [0.2, 0.25) is 10.0 Å². The number of halogens is 1. The second-order valence-corrected chi connectivity index (χ2v) is 11.3. The lowest BCUT2D eigenvalue weighted by molar-refractivity contribution is 0.376. The summed E-state index contributed by atoms with van der Waals surface area (Å²) >= 11 is 2.00. The van der Waals surface area contributed by atoms with E-state index in [0.29, 0.717) is 6.54 Å². The van der Waals surface area contributed by atoms with Crippen LogP contribution in [0.4, 0.5) is 0 Å². The third kappa shape index (κ3) is 8.46. The number of nitrogens with one attached hydrogen (secondary N) is 2. The van der Waals surface area contributed by atoms with Crippen LogP contribution in [-0.2, 0) is 22.3 Å². The molecule has 0 bridgehead atoms. The molecule has 1 aromatic rings. The summed E-state index contributed by atoms with van der Waals surface area (Å²) in [6, 6.07) is 7.59. The minimum atomic E-state index is -3.30. The van der Waals surface area contributed by atoms with E-state index in [0.717, 1.165) is 35.9 Å². The fraction of sp³-hybridized carbons (Fsp3) is 0.632. The monoisotopic (exact) mass is 540 g/mol. The van der Waals surface area contributed by atoms with Crippen molar-refractivity contribution < 1.29 is 8.42 Å². The van der Waals surface area contributed by atoms with Gasteiger partial charge in [-0.2, -0.15) is 11.8 Å². The maximum Gasteiger partial charge on any atom is 0.216 e. The zero-order valence-electron chi connectivity index (χ0n) is 17.4. The number of sulfonamides is 1. The Morgan fingerprint density at radius 3 is 2.39 bits per heavy atom. The van der Waals surface area contributed by atoms with Gasteiger partial charge in [0, 0.05) is 43.2 Å². The van der Waals surface area contributed by atoms with Gasteiger partial charge >= 0.3 is 0 Å². The van der Waals surface area contributed by atoms with Crippen LogP contribution in [0.5, 0.6) is 0 Å². The van der Waals surface area contributed by atoms with Crippen molar-refractivity contribution in [2.75, 3.05) is 25.9 Å². The summed E-state index contributed by atoms with van der Waals surface area (Å²) in [4.78, 5) is 6.72. The minimum Gasteiger partial charge on any atom is -0.352 e. The van der Waals surface area contributed by atoms with E-state index in [1.54, 1.807) is 0 Å². The highest BCUT2D eigenvalue weighted by molar-refractivity contribution is 14.0. The zero-order chi connectivity index (χ0) is 20.1. The number of thioether (sulfide) groups is 1. The Morgan fingerprint density at radius 1 is 1.25 bits per heavy atom. The predicted octanol–water partition coefficient (Wildman–Crippen LogP) is 3.04. The van der Waals surface area contributed by atoms with Crippen molar-refractivity contribution in [1.82, 2.24) is 14.9 Å². The number of hydrogen-bond acceptors (Lipinski definition) is 4. The Morgan fingerprint density at radius 2 is 1.86 bits per heavy atom. The predicted molar refractivity (Wildman–Crippen MR) is 131 cm³/mol. The fourth-order valence-electron chi connectivity index (χ4n) is 3.08. The highest BCUT2D eigenvalue weighted by atomic mass is 127. The largest absolute Gasteiger partial charge is 0.352 e. The van der Waals surface area contributed by atoms with Gasteiger partial charge in [-0.25, -0.2) is 13.1 Å². The molecule has 0 aromatic heterocycles. The molecule has 1 heterocycles. The molecule has 0 spiro atoms.